The van der Waals surface area contributed by atoms with Gasteiger partial charge < -0.3 is 13.7 Å². The molecule has 2 aromatic heterocycles. The first kappa shape index (κ1) is 31.2. The van der Waals surface area contributed by atoms with Crippen molar-refractivity contribution in [2.24, 2.45) is 0 Å². The Morgan fingerprint density at radius 3 is 1.65 bits per heavy atom. The molecule has 0 saturated heterocycles. The van der Waals surface area contributed by atoms with Crippen LogP contribution in [-0.2, 0) is 0 Å². The van der Waals surface area contributed by atoms with E-state index < -0.39 is 0 Å². The van der Waals surface area contributed by atoms with Crippen molar-refractivity contribution in [3.05, 3.63) is 144 Å². The molecule has 6 heteroatoms. The maximum absolute atomic E-state index is 9.84. The Kier molecular flexibility index (Phi) is 8.79. The van der Waals surface area contributed by atoms with E-state index in [9.17, 15) is 10.5 Å². The molecule has 0 radical (unpaired) electrons. The van der Waals surface area contributed by atoms with Crippen molar-refractivity contribution in [2.45, 2.75) is 0 Å². The smallest absolute Gasteiger partial charge is 0.501 e. The minimum Gasteiger partial charge on any atom is -0.501 e. The van der Waals surface area contributed by atoms with Crippen molar-refractivity contribution in [2.75, 3.05) is 0 Å². The largest absolute Gasteiger partial charge is 1.00 e. The second-order valence-electron chi connectivity index (χ2n) is 11.0. The normalized spacial score (nSPS) is 12.1. The molecule has 6 aromatic carbocycles. The zero-order chi connectivity index (χ0) is 30.5. The molecular weight excluding hydrogens is 718 g/mol. The Bertz CT molecular complexity index is 2620. The van der Waals surface area contributed by atoms with E-state index in [-0.39, 0.29) is 68.9 Å². The Hall–Kier alpha value is -3.46. The molecule has 0 N–H and O–H groups in total. The summed E-state index contributed by atoms with van der Waals surface area (Å²) in [6.45, 7) is 0. The first-order chi connectivity index (χ1) is 22.1. The number of benzene rings is 6. The number of aromatic nitrogens is 1. The molecule has 3 nitrogen and oxygen atoms in total. The minimum atomic E-state index is 0. The number of rotatable bonds is 4. The van der Waals surface area contributed by atoms with Gasteiger partial charge >= 0.3 is 68.9 Å². The number of nitrogens with zero attached hydrogens (tertiary/aromatic N) is 3. The number of fused-ring (bicyclic) bond motifs is 9. The zero-order valence-electron chi connectivity index (χ0n) is 25.0. The van der Waals surface area contributed by atoms with Gasteiger partial charge in [-0.25, -0.2) is 0 Å². The summed E-state index contributed by atoms with van der Waals surface area (Å²) in [5, 5.41) is 26.8. The van der Waals surface area contributed by atoms with E-state index in [4.69, 9.17) is 0 Å². The molecule has 46 heavy (non-hydrogen) atoms. The first-order valence-corrected chi connectivity index (χ1v) is 15.8. The van der Waals surface area contributed by atoms with E-state index in [0.29, 0.717) is 11.1 Å². The SMILES string of the molecule is N#C/C(=C\c1ccc2c(c1)sc1c2ccc2c1ccc1c3ccc(/C=C(\C#N)c4ccccc4)cc3n([PH-])c21)c1ccccc1.[Cs+]. The standard InChI is InChI=1S/C40H23N3PS.Cs/c41-23-29(27-7-3-1-4-8-27)19-25-11-13-31-33-15-18-36-34(39(33)43(44)37(31)21-25)16-17-35-32-14-12-26(22-38(32)45-40(35)36)20-30(24-42)28-9-5-2-6-10-28;/h1-22,44H;/q-1;+1/b29-19+,30-20+;. The average Bonchev–Trinajstić information content (AvgIpc) is 3.61. The van der Waals surface area contributed by atoms with Crippen molar-refractivity contribution in [1.29, 1.82) is 10.5 Å². The fraction of sp³-hybridized carbons (Fsp3) is 0. The van der Waals surface area contributed by atoms with E-state index in [2.05, 4.69) is 86.5 Å². The van der Waals surface area contributed by atoms with Crippen LogP contribution in [0.15, 0.2) is 121 Å². The van der Waals surface area contributed by atoms with Crippen LogP contribution >= 0.6 is 20.7 Å². The van der Waals surface area contributed by atoms with Gasteiger partial charge in [-0.3, -0.25) is 0 Å². The van der Waals surface area contributed by atoms with E-state index in [1.807, 2.05) is 72.8 Å². The average molecular weight is 742 g/mol. The molecule has 0 spiro atoms. The van der Waals surface area contributed by atoms with Crippen LogP contribution in [0.1, 0.15) is 22.3 Å². The Labute approximate surface area is 331 Å². The van der Waals surface area contributed by atoms with Crippen molar-refractivity contribution in [1.82, 2.24) is 4.34 Å². The molecule has 0 bridgehead atoms. The second-order valence-corrected chi connectivity index (χ2v) is 12.5. The maximum atomic E-state index is 9.84. The number of hydrogen-bond donors (Lipinski definition) is 0. The number of nitriles is 2. The van der Waals surface area contributed by atoms with Gasteiger partial charge in [-0.2, -0.15) is 10.5 Å². The van der Waals surface area contributed by atoms with E-state index in [0.717, 1.165) is 38.7 Å². The summed E-state index contributed by atoms with van der Waals surface area (Å²) in [7, 11) is 3.96. The third kappa shape index (κ3) is 5.38. The Morgan fingerprint density at radius 1 is 0.587 bits per heavy atom. The second kappa shape index (κ2) is 13.0. The van der Waals surface area contributed by atoms with Gasteiger partial charge in [0.1, 0.15) is 0 Å². The molecule has 2 heterocycles. The molecule has 210 valence electrons. The van der Waals surface area contributed by atoms with Crippen LogP contribution in [0, 0.1) is 22.7 Å². The molecule has 0 aliphatic carbocycles. The summed E-state index contributed by atoms with van der Waals surface area (Å²) >= 11 is 1.79. The van der Waals surface area contributed by atoms with Crippen LogP contribution < -0.4 is 68.9 Å². The number of hydrogen-bond acceptors (Lipinski definition) is 3. The molecule has 0 amide bonds. The predicted octanol–water partition coefficient (Wildman–Crippen LogP) is 8.35. The zero-order valence-corrected chi connectivity index (χ0v) is 33.0. The summed E-state index contributed by atoms with van der Waals surface area (Å²) in [5.41, 5.74) is 7.25. The van der Waals surface area contributed by atoms with E-state index in [1.165, 1.54) is 36.3 Å². The van der Waals surface area contributed by atoms with Gasteiger partial charge in [-0.15, -0.1) is 11.3 Å². The van der Waals surface area contributed by atoms with Crippen LogP contribution in [0.3, 0.4) is 0 Å². The van der Waals surface area contributed by atoms with Gasteiger partial charge in [0, 0.05) is 52.8 Å². The van der Waals surface area contributed by atoms with Crippen LogP contribution in [0.4, 0.5) is 0 Å². The molecule has 8 aromatic rings. The fourth-order valence-electron chi connectivity index (χ4n) is 6.29. The van der Waals surface area contributed by atoms with E-state index >= 15 is 0 Å². The number of allylic oxidation sites excluding steroid dienone is 2. The molecule has 0 unspecified atom stereocenters. The van der Waals surface area contributed by atoms with Crippen LogP contribution in [0.25, 0.3) is 76.0 Å². The summed E-state index contributed by atoms with van der Waals surface area (Å²) < 4.78 is 4.53. The monoisotopic (exact) mass is 741 g/mol. The maximum Gasteiger partial charge on any atom is 1.00 e. The van der Waals surface area contributed by atoms with E-state index in [1.54, 1.807) is 11.3 Å². The van der Waals surface area contributed by atoms with Gasteiger partial charge in [0.05, 0.1) is 23.3 Å². The van der Waals surface area contributed by atoms with Gasteiger partial charge in [0.2, 0.25) is 0 Å². The van der Waals surface area contributed by atoms with Gasteiger partial charge in [-0.05, 0) is 46.5 Å². The number of thiophene rings is 1. The fourth-order valence-corrected chi connectivity index (χ4v) is 7.99. The van der Waals surface area contributed by atoms with Crippen molar-refractivity contribution < 1.29 is 68.9 Å². The van der Waals surface area contributed by atoms with Gasteiger partial charge in [-0.1, -0.05) is 109 Å². The third-order valence-electron chi connectivity index (χ3n) is 8.44. The Morgan fingerprint density at radius 2 is 1.07 bits per heavy atom. The molecule has 8 rings (SSSR count). The van der Waals surface area contributed by atoms with Gasteiger partial charge in [0.25, 0.3) is 0 Å². The summed E-state index contributed by atoms with van der Waals surface area (Å²) in [4.78, 5) is 0. The molecular formula is C40H23CsN3PS. The summed E-state index contributed by atoms with van der Waals surface area (Å²) in [5.74, 6) is 0. The first-order valence-electron chi connectivity index (χ1n) is 14.5. The third-order valence-corrected chi connectivity index (χ3v) is 10.1. The molecule has 0 atom stereocenters. The molecule has 0 saturated carbocycles. The van der Waals surface area contributed by atoms with Crippen LogP contribution in [-0.4, -0.2) is 4.34 Å². The molecule has 0 aliphatic heterocycles. The van der Waals surface area contributed by atoms with Crippen molar-refractivity contribution >= 4 is 96.8 Å². The minimum absolute atomic E-state index is 0. The topological polar surface area (TPSA) is 52.5 Å². The van der Waals surface area contributed by atoms with Crippen LogP contribution in [0.2, 0.25) is 0 Å². The van der Waals surface area contributed by atoms with Crippen LogP contribution in [0.5, 0.6) is 0 Å². The molecule has 0 fully saturated rings. The molecule has 0 aliphatic rings. The summed E-state index contributed by atoms with van der Waals surface area (Å²) in [6.07, 6.45) is 3.91. The Balaban J connectivity index is 0.00000338. The predicted molar refractivity (Wildman–Crippen MR) is 193 cm³/mol. The quantitative estimate of drug-likeness (QED) is 0.104. The van der Waals surface area contributed by atoms with Crippen molar-refractivity contribution in [3.63, 3.8) is 0 Å². The summed E-state index contributed by atoms with van der Waals surface area (Å²) in [6, 6.07) is 46.0. The van der Waals surface area contributed by atoms with Crippen molar-refractivity contribution in [3.8, 4) is 12.1 Å². The van der Waals surface area contributed by atoms with Gasteiger partial charge in [0.15, 0.2) is 0 Å².